The summed E-state index contributed by atoms with van der Waals surface area (Å²) in [5.41, 5.74) is 1.06. The number of nitrogens with one attached hydrogen (secondary N) is 1. The van der Waals surface area contributed by atoms with Crippen molar-refractivity contribution in [3.63, 3.8) is 0 Å². The van der Waals surface area contributed by atoms with Crippen LogP contribution < -0.4 is 5.32 Å². The second-order valence-electron chi connectivity index (χ2n) is 5.69. The second-order valence-corrected chi connectivity index (χ2v) is 5.69. The quantitative estimate of drug-likeness (QED) is 0.675. The molecule has 5 nitrogen and oxygen atoms in total. The van der Waals surface area contributed by atoms with Crippen molar-refractivity contribution in [2.75, 3.05) is 5.32 Å². The Kier molecular flexibility index (Phi) is 5.30. The summed E-state index contributed by atoms with van der Waals surface area (Å²) in [6.07, 6.45) is 0.119. The molecule has 0 aliphatic heterocycles. The minimum atomic E-state index is -1.23. The largest absolute Gasteiger partial charge is 0.457 e. The normalized spacial score (nSPS) is 11.7. The maximum atomic E-state index is 13.6. The van der Waals surface area contributed by atoms with Gasteiger partial charge in [0.15, 0.2) is 6.10 Å². The van der Waals surface area contributed by atoms with Gasteiger partial charge < -0.3 is 14.5 Å². The molecule has 2 aromatic carbocycles. The van der Waals surface area contributed by atoms with E-state index in [0.717, 1.165) is 17.7 Å². The summed E-state index contributed by atoms with van der Waals surface area (Å²) in [5.74, 6) is -3.34. The van der Waals surface area contributed by atoms with Gasteiger partial charge >= 0.3 is 5.97 Å². The molecular formula is C20H15F2NO4. The number of carbonyl (C=O) groups is 2. The molecule has 138 valence electrons. The van der Waals surface area contributed by atoms with E-state index < -0.39 is 29.6 Å². The third-order valence-electron chi connectivity index (χ3n) is 3.78. The van der Waals surface area contributed by atoms with Gasteiger partial charge in [-0.1, -0.05) is 30.3 Å². The Morgan fingerprint density at radius 1 is 1.07 bits per heavy atom. The van der Waals surface area contributed by atoms with Gasteiger partial charge in [-0.05, 0) is 30.7 Å². The first-order valence-electron chi connectivity index (χ1n) is 8.05. The Balaban J connectivity index is 1.69. The summed E-state index contributed by atoms with van der Waals surface area (Å²) in [6, 6.07) is 13.4. The Labute approximate surface area is 153 Å². The highest BCUT2D eigenvalue weighted by molar-refractivity contribution is 5.99. The minimum Gasteiger partial charge on any atom is -0.457 e. The van der Waals surface area contributed by atoms with Crippen LogP contribution in [-0.2, 0) is 9.53 Å². The minimum absolute atomic E-state index is 0.0474. The number of hydrogen-bond acceptors (Lipinski definition) is 4. The number of amides is 1. The molecular weight excluding hydrogens is 356 g/mol. The topological polar surface area (TPSA) is 68.5 Å². The highest BCUT2D eigenvalue weighted by Crippen LogP contribution is 2.25. The number of ether oxygens (including phenoxy) is 1. The van der Waals surface area contributed by atoms with E-state index in [-0.39, 0.29) is 11.4 Å². The van der Waals surface area contributed by atoms with E-state index in [1.807, 2.05) is 18.2 Å². The molecule has 0 spiro atoms. The summed E-state index contributed by atoms with van der Waals surface area (Å²) in [7, 11) is 0. The Morgan fingerprint density at radius 2 is 1.81 bits per heavy atom. The zero-order valence-electron chi connectivity index (χ0n) is 14.2. The number of hydrogen-bond donors (Lipinski definition) is 1. The lowest BCUT2D eigenvalue weighted by atomic mass is 10.1. The van der Waals surface area contributed by atoms with Crippen LogP contribution in [0.15, 0.2) is 65.3 Å². The van der Waals surface area contributed by atoms with Crippen LogP contribution in [0.25, 0.3) is 11.1 Å². The van der Waals surface area contributed by atoms with Crippen molar-refractivity contribution in [1.29, 1.82) is 0 Å². The van der Waals surface area contributed by atoms with E-state index in [1.165, 1.54) is 13.2 Å². The summed E-state index contributed by atoms with van der Waals surface area (Å²) >= 11 is 0. The number of rotatable bonds is 5. The number of carbonyl (C=O) groups excluding carboxylic acids is 2. The summed E-state index contributed by atoms with van der Waals surface area (Å²) in [5, 5.41) is 2.25. The molecule has 1 amide bonds. The van der Waals surface area contributed by atoms with Crippen molar-refractivity contribution in [3.05, 3.63) is 78.3 Å². The van der Waals surface area contributed by atoms with Crippen LogP contribution in [0, 0.1) is 11.6 Å². The fraction of sp³-hybridized carbons (Fsp3) is 0.100. The SMILES string of the molecule is CC(OC(=O)c1occc1-c1ccccc1)C(=O)Nc1ccc(F)cc1F. The predicted octanol–water partition coefficient (Wildman–Crippen LogP) is 4.41. The van der Waals surface area contributed by atoms with Gasteiger partial charge in [0, 0.05) is 11.6 Å². The highest BCUT2D eigenvalue weighted by atomic mass is 19.1. The van der Waals surface area contributed by atoms with Crippen molar-refractivity contribution in [3.8, 4) is 11.1 Å². The first-order valence-corrected chi connectivity index (χ1v) is 8.05. The average Bonchev–Trinajstić information content (AvgIpc) is 3.14. The maximum Gasteiger partial charge on any atom is 0.375 e. The summed E-state index contributed by atoms with van der Waals surface area (Å²) in [6.45, 7) is 1.33. The molecule has 0 aliphatic carbocycles. The average molecular weight is 371 g/mol. The predicted molar refractivity (Wildman–Crippen MR) is 94.0 cm³/mol. The fourth-order valence-electron chi connectivity index (χ4n) is 2.41. The van der Waals surface area contributed by atoms with Crippen molar-refractivity contribution in [1.82, 2.24) is 0 Å². The molecule has 0 bridgehead atoms. The lowest BCUT2D eigenvalue weighted by molar-refractivity contribution is -0.123. The molecule has 27 heavy (non-hydrogen) atoms. The van der Waals surface area contributed by atoms with Gasteiger partial charge in [0.1, 0.15) is 11.6 Å². The van der Waals surface area contributed by atoms with Gasteiger partial charge in [-0.15, -0.1) is 0 Å². The zero-order chi connectivity index (χ0) is 19.4. The Morgan fingerprint density at radius 3 is 2.52 bits per heavy atom. The number of benzene rings is 2. The third-order valence-corrected chi connectivity index (χ3v) is 3.78. The van der Waals surface area contributed by atoms with Gasteiger partial charge in [0.05, 0.1) is 12.0 Å². The highest BCUT2D eigenvalue weighted by Gasteiger charge is 2.24. The molecule has 3 aromatic rings. The van der Waals surface area contributed by atoms with Crippen molar-refractivity contribution >= 4 is 17.6 Å². The number of halogens is 2. The van der Waals surface area contributed by atoms with Crippen LogP contribution >= 0.6 is 0 Å². The van der Waals surface area contributed by atoms with Crippen LogP contribution in [0.2, 0.25) is 0 Å². The zero-order valence-corrected chi connectivity index (χ0v) is 14.2. The van der Waals surface area contributed by atoms with Crippen molar-refractivity contribution < 1.29 is 27.5 Å². The summed E-state index contributed by atoms with van der Waals surface area (Å²) < 4.78 is 36.9. The van der Waals surface area contributed by atoms with E-state index in [2.05, 4.69) is 5.32 Å². The number of furan rings is 1. The van der Waals surface area contributed by atoms with E-state index in [9.17, 15) is 18.4 Å². The smallest absolute Gasteiger partial charge is 0.375 e. The second kappa shape index (κ2) is 7.82. The van der Waals surface area contributed by atoms with Gasteiger partial charge in [-0.2, -0.15) is 0 Å². The molecule has 1 N–H and O–H groups in total. The maximum absolute atomic E-state index is 13.6. The van der Waals surface area contributed by atoms with Gasteiger partial charge in [0.2, 0.25) is 5.76 Å². The van der Waals surface area contributed by atoms with Crippen LogP contribution in [0.4, 0.5) is 14.5 Å². The molecule has 1 aromatic heterocycles. The fourth-order valence-corrected chi connectivity index (χ4v) is 2.41. The Bertz CT molecular complexity index is 969. The number of esters is 1. The third kappa shape index (κ3) is 4.20. The monoisotopic (exact) mass is 371 g/mol. The first-order chi connectivity index (χ1) is 13.0. The molecule has 0 radical (unpaired) electrons. The van der Waals surface area contributed by atoms with E-state index >= 15 is 0 Å². The molecule has 0 saturated carbocycles. The summed E-state index contributed by atoms with van der Waals surface area (Å²) in [4.78, 5) is 24.5. The van der Waals surface area contributed by atoms with E-state index in [0.29, 0.717) is 11.6 Å². The van der Waals surface area contributed by atoms with Crippen LogP contribution in [-0.4, -0.2) is 18.0 Å². The van der Waals surface area contributed by atoms with Gasteiger partial charge in [0.25, 0.3) is 5.91 Å². The lowest BCUT2D eigenvalue weighted by Crippen LogP contribution is -2.30. The van der Waals surface area contributed by atoms with Gasteiger partial charge in [-0.25, -0.2) is 13.6 Å². The molecule has 0 aliphatic rings. The van der Waals surface area contributed by atoms with Crippen LogP contribution in [0.5, 0.6) is 0 Å². The van der Waals surface area contributed by atoms with E-state index in [1.54, 1.807) is 18.2 Å². The van der Waals surface area contributed by atoms with Crippen LogP contribution in [0.1, 0.15) is 17.5 Å². The first kappa shape index (κ1) is 18.3. The number of anilines is 1. The molecule has 1 atom stereocenters. The van der Waals surface area contributed by atoms with E-state index in [4.69, 9.17) is 9.15 Å². The lowest BCUT2D eigenvalue weighted by Gasteiger charge is -2.13. The molecule has 7 heteroatoms. The molecule has 1 heterocycles. The molecule has 3 rings (SSSR count). The van der Waals surface area contributed by atoms with Gasteiger partial charge in [-0.3, -0.25) is 4.79 Å². The molecule has 0 fully saturated rings. The van der Waals surface area contributed by atoms with Crippen LogP contribution in [0.3, 0.4) is 0 Å². The molecule has 0 saturated heterocycles. The van der Waals surface area contributed by atoms with Crippen molar-refractivity contribution in [2.24, 2.45) is 0 Å². The molecule has 1 unspecified atom stereocenters. The Hall–Kier alpha value is -3.48. The van der Waals surface area contributed by atoms with Crippen molar-refractivity contribution in [2.45, 2.75) is 13.0 Å². The standard InChI is InChI=1S/C20H15F2NO4/c1-12(19(24)23-17-8-7-14(21)11-16(17)22)27-20(25)18-15(9-10-26-18)13-5-3-2-4-6-13/h2-12H,1H3,(H,23,24).